The molecule has 2 nitrogen and oxygen atoms in total. The van der Waals surface area contributed by atoms with Crippen LogP contribution in [0.25, 0.3) is 0 Å². The van der Waals surface area contributed by atoms with Crippen LogP contribution in [-0.4, -0.2) is 23.3 Å². The minimum absolute atomic E-state index is 0.472. The van der Waals surface area contributed by atoms with Crippen molar-refractivity contribution in [2.45, 2.75) is 46.6 Å². The van der Waals surface area contributed by atoms with Crippen LogP contribution in [0.3, 0.4) is 0 Å². The summed E-state index contributed by atoms with van der Waals surface area (Å²) in [5.74, 6) is 1.24. The lowest BCUT2D eigenvalue weighted by Crippen LogP contribution is -2.42. The molecule has 1 aromatic rings. The van der Waals surface area contributed by atoms with E-state index in [2.05, 4.69) is 32.6 Å². The molecule has 1 aromatic carbocycles. The van der Waals surface area contributed by atoms with Gasteiger partial charge in [-0.3, -0.25) is 5.41 Å². The summed E-state index contributed by atoms with van der Waals surface area (Å²) in [6, 6.07) is 10.5. The lowest BCUT2D eigenvalue weighted by atomic mass is 10.0. The first-order valence-corrected chi connectivity index (χ1v) is 7.00. The van der Waals surface area contributed by atoms with E-state index in [9.17, 15) is 0 Å². The fourth-order valence-corrected chi connectivity index (χ4v) is 2.31. The van der Waals surface area contributed by atoms with Gasteiger partial charge in [0.1, 0.15) is 5.84 Å². The first-order valence-electron chi connectivity index (χ1n) is 7.00. The summed E-state index contributed by atoms with van der Waals surface area (Å²) >= 11 is 0. The maximum absolute atomic E-state index is 8.44. The van der Waals surface area contributed by atoms with Crippen molar-refractivity contribution in [3.8, 4) is 0 Å². The monoisotopic (exact) mass is 246 g/mol. The summed E-state index contributed by atoms with van der Waals surface area (Å²) in [6.45, 7) is 9.81. The van der Waals surface area contributed by atoms with Crippen LogP contribution in [0.4, 0.5) is 0 Å². The maximum atomic E-state index is 8.44. The van der Waals surface area contributed by atoms with E-state index in [0.717, 1.165) is 24.9 Å². The average molecular weight is 246 g/mol. The van der Waals surface area contributed by atoms with Gasteiger partial charge < -0.3 is 4.90 Å². The van der Waals surface area contributed by atoms with Crippen LogP contribution >= 0.6 is 0 Å². The molecule has 2 heteroatoms. The third-order valence-corrected chi connectivity index (χ3v) is 3.28. The van der Waals surface area contributed by atoms with Gasteiger partial charge in [0, 0.05) is 18.2 Å². The van der Waals surface area contributed by atoms with Crippen LogP contribution in [-0.2, 0) is 0 Å². The van der Waals surface area contributed by atoms with Gasteiger partial charge in [-0.1, -0.05) is 58.0 Å². The van der Waals surface area contributed by atoms with E-state index in [4.69, 9.17) is 5.41 Å². The van der Waals surface area contributed by atoms with E-state index < -0.39 is 0 Å². The van der Waals surface area contributed by atoms with Crippen molar-refractivity contribution in [1.29, 1.82) is 5.41 Å². The molecule has 0 unspecified atom stereocenters. The molecule has 0 atom stereocenters. The van der Waals surface area contributed by atoms with Crippen LogP contribution in [0.15, 0.2) is 30.3 Å². The van der Waals surface area contributed by atoms with Crippen LogP contribution in [0, 0.1) is 11.3 Å². The fourth-order valence-electron chi connectivity index (χ4n) is 2.31. The molecule has 0 aliphatic carbocycles. The zero-order valence-electron chi connectivity index (χ0n) is 12.1. The molecule has 0 fully saturated rings. The summed E-state index contributed by atoms with van der Waals surface area (Å²) in [5.41, 5.74) is 1.02. The van der Waals surface area contributed by atoms with E-state index in [1.807, 2.05) is 30.3 Å². The number of rotatable bonds is 6. The van der Waals surface area contributed by atoms with Gasteiger partial charge in [-0.05, 0) is 18.8 Å². The van der Waals surface area contributed by atoms with Gasteiger partial charge in [0.05, 0.1) is 0 Å². The van der Waals surface area contributed by atoms with Gasteiger partial charge in [-0.15, -0.1) is 0 Å². The second-order valence-corrected chi connectivity index (χ2v) is 5.23. The Kier molecular flexibility index (Phi) is 5.90. The first kappa shape index (κ1) is 14.7. The van der Waals surface area contributed by atoms with Gasteiger partial charge in [0.15, 0.2) is 0 Å². The molecule has 0 spiro atoms. The molecule has 0 radical (unpaired) electrons. The Morgan fingerprint density at radius 2 is 1.67 bits per heavy atom. The highest BCUT2D eigenvalue weighted by Crippen LogP contribution is 2.15. The molecule has 1 rings (SSSR count). The zero-order chi connectivity index (χ0) is 13.5. The van der Waals surface area contributed by atoms with Gasteiger partial charge in [0.2, 0.25) is 0 Å². The molecule has 0 heterocycles. The Labute approximate surface area is 112 Å². The van der Waals surface area contributed by atoms with E-state index in [0.29, 0.717) is 17.8 Å². The standard InChI is InChI=1S/C16H26N2/c1-5-15(6-2)18(12-13(3)4)16(17)14-10-8-7-9-11-14/h7-11,13,15,17H,5-6,12H2,1-4H3. The molecule has 0 aromatic heterocycles. The van der Waals surface area contributed by atoms with Gasteiger partial charge in [-0.25, -0.2) is 0 Å². The summed E-state index contributed by atoms with van der Waals surface area (Å²) < 4.78 is 0. The van der Waals surface area contributed by atoms with Crippen molar-refractivity contribution in [1.82, 2.24) is 4.90 Å². The Bertz CT molecular complexity index is 353. The van der Waals surface area contributed by atoms with E-state index in [1.54, 1.807) is 0 Å². The number of nitrogens with one attached hydrogen (secondary N) is 1. The second kappa shape index (κ2) is 7.20. The Morgan fingerprint density at radius 1 is 1.11 bits per heavy atom. The molecule has 18 heavy (non-hydrogen) atoms. The summed E-state index contributed by atoms with van der Waals surface area (Å²) in [7, 11) is 0. The average Bonchev–Trinajstić information content (AvgIpc) is 2.38. The molecule has 0 amide bonds. The number of hydrogen-bond acceptors (Lipinski definition) is 1. The van der Waals surface area contributed by atoms with Crippen molar-refractivity contribution >= 4 is 5.84 Å². The number of hydrogen-bond donors (Lipinski definition) is 1. The topological polar surface area (TPSA) is 27.1 Å². The normalized spacial score (nSPS) is 11.0. The highest BCUT2D eigenvalue weighted by molar-refractivity contribution is 5.96. The fraction of sp³-hybridized carbons (Fsp3) is 0.562. The van der Waals surface area contributed by atoms with E-state index in [-0.39, 0.29) is 0 Å². The molecule has 1 N–H and O–H groups in total. The molecular weight excluding hydrogens is 220 g/mol. The lowest BCUT2D eigenvalue weighted by Gasteiger charge is -2.34. The highest BCUT2D eigenvalue weighted by Gasteiger charge is 2.20. The van der Waals surface area contributed by atoms with Gasteiger partial charge in [-0.2, -0.15) is 0 Å². The van der Waals surface area contributed by atoms with Crippen molar-refractivity contribution < 1.29 is 0 Å². The van der Waals surface area contributed by atoms with E-state index in [1.165, 1.54) is 0 Å². The minimum Gasteiger partial charge on any atom is -0.353 e. The van der Waals surface area contributed by atoms with Crippen molar-refractivity contribution in [2.24, 2.45) is 5.92 Å². The SMILES string of the molecule is CCC(CC)N(CC(C)C)C(=N)c1ccccc1. The number of amidine groups is 1. The summed E-state index contributed by atoms with van der Waals surface area (Å²) in [5, 5.41) is 8.44. The van der Waals surface area contributed by atoms with Gasteiger partial charge >= 0.3 is 0 Å². The van der Waals surface area contributed by atoms with Crippen molar-refractivity contribution in [2.75, 3.05) is 6.54 Å². The predicted octanol–water partition coefficient (Wildman–Crippen LogP) is 4.16. The largest absolute Gasteiger partial charge is 0.353 e. The minimum atomic E-state index is 0.472. The maximum Gasteiger partial charge on any atom is 0.128 e. The summed E-state index contributed by atoms with van der Waals surface area (Å²) in [4.78, 5) is 2.26. The number of benzene rings is 1. The summed E-state index contributed by atoms with van der Waals surface area (Å²) in [6.07, 6.45) is 2.19. The first-order chi connectivity index (χ1) is 8.60. The Balaban J connectivity index is 2.92. The Hall–Kier alpha value is -1.31. The predicted molar refractivity (Wildman–Crippen MR) is 79.2 cm³/mol. The van der Waals surface area contributed by atoms with E-state index >= 15 is 0 Å². The molecule has 0 saturated carbocycles. The molecule has 0 aliphatic heterocycles. The molecule has 0 saturated heterocycles. The smallest absolute Gasteiger partial charge is 0.128 e. The van der Waals surface area contributed by atoms with Crippen LogP contribution in [0.5, 0.6) is 0 Å². The molecule has 100 valence electrons. The van der Waals surface area contributed by atoms with Crippen molar-refractivity contribution in [3.05, 3.63) is 35.9 Å². The number of nitrogens with zero attached hydrogens (tertiary/aromatic N) is 1. The molecule has 0 bridgehead atoms. The third-order valence-electron chi connectivity index (χ3n) is 3.28. The van der Waals surface area contributed by atoms with Crippen LogP contribution in [0.1, 0.15) is 46.1 Å². The van der Waals surface area contributed by atoms with Crippen LogP contribution in [0.2, 0.25) is 0 Å². The lowest BCUT2D eigenvalue weighted by molar-refractivity contribution is 0.266. The zero-order valence-corrected chi connectivity index (χ0v) is 12.1. The quantitative estimate of drug-likeness (QED) is 0.592. The Morgan fingerprint density at radius 3 is 2.11 bits per heavy atom. The van der Waals surface area contributed by atoms with Gasteiger partial charge in [0.25, 0.3) is 0 Å². The highest BCUT2D eigenvalue weighted by atomic mass is 15.2. The molecular formula is C16H26N2. The van der Waals surface area contributed by atoms with Crippen molar-refractivity contribution in [3.63, 3.8) is 0 Å². The molecule has 0 aliphatic rings. The third kappa shape index (κ3) is 3.86. The van der Waals surface area contributed by atoms with Crippen LogP contribution < -0.4 is 0 Å². The second-order valence-electron chi connectivity index (χ2n) is 5.23.